The predicted octanol–water partition coefficient (Wildman–Crippen LogP) is 4.11. The summed E-state index contributed by atoms with van der Waals surface area (Å²) in [6.45, 7) is 1.31. The van der Waals surface area contributed by atoms with Gasteiger partial charge in [0.1, 0.15) is 12.3 Å². The number of carbonyl (C=O) groups excluding carboxylic acids is 4. The smallest absolute Gasteiger partial charge is 0.343 e. The molecule has 0 N–H and O–H groups in total. The van der Waals surface area contributed by atoms with Crippen LogP contribution in [0.3, 0.4) is 0 Å². The second-order valence-electron chi connectivity index (χ2n) is 7.34. The largest absolute Gasteiger partial charge is 0.422 e. The van der Waals surface area contributed by atoms with Gasteiger partial charge in [-0.1, -0.05) is 23.2 Å². The summed E-state index contributed by atoms with van der Waals surface area (Å²) in [5.41, 5.74) is 0.618. The van der Waals surface area contributed by atoms with Crippen molar-refractivity contribution < 1.29 is 28.7 Å². The standard InChI is InChI=1S/C23H18Cl2N2O6S/c24-16-3-1-14(2-4-16)22(30)33-18-6-5-17(25)11-15(18)12-19-21(29)27(23(31)34-19)13-20(28)26-7-9-32-10-8-26/h1-6,11-12H,7-10,13H2/b19-12-. The van der Waals surface area contributed by atoms with Crippen molar-refractivity contribution in [2.75, 3.05) is 32.8 Å². The number of rotatable bonds is 5. The first-order chi connectivity index (χ1) is 16.3. The van der Waals surface area contributed by atoms with Crippen LogP contribution in [0.25, 0.3) is 6.08 Å². The number of esters is 1. The summed E-state index contributed by atoms with van der Waals surface area (Å²) in [5.74, 6) is -1.41. The molecule has 0 saturated carbocycles. The number of amides is 3. The first-order valence-electron chi connectivity index (χ1n) is 10.2. The molecule has 176 valence electrons. The van der Waals surface area contributed by atoms with Crippen molar-refractivity contribution in [3.05, 3.63) is 68.5 Å². The molecule has 34 heavy (non-hydrogen) atoms. The molecule has 2 heterocycles. The highest BCUT2D eigenvalue weighted by molar-refractivity contribution is 8.18. The minimum absolute atomic E-state index is 0.0887. The predicted molar refractivity (Wildman–Crippen MR) is 128 cm³/mol. The van der Waals surface area contributed by atoms with E-state index in [2.05, 4.69) is 0 Å². The number of ether oxygens (including phenoxy) is 2. The van der Waals surface area contributed by atoms with Gasteiger partial charge in [-0.25, -0.2) is 4.79 Å². The Bertz CT molecular complexity index is 1180. The van der Waals surface area contributed by atoms with Crippen molar-refractivity contribution in [2.24, 2.45) is 0 Å². The Kier molecular flexibility index (Phi) is 7.57. The molecular weight excluding hydrogens is 503 g/mol. The van der Waals surface area contributed by atoms with Gasteiger partial charge in [-0.15, -0.1) is 0 Å². The Morgan fingerprint density at radius 1 is 1.03 bits per heavy atom. The topological polar surface area (TPSA) is 93.2 Å². The Balaban J connectivity index is 1.52. The maximum absolute atomic E-state index is 12.9. The number of hydrogen-bond donors (Lipinski definition) is 0. The van der Waals surface area contributed by atoms with Crippen molar-refractivity contribution in [3.8, 4) is 5.75 Å². The van der Waals surface area contributed by atoms with Gasteiger partial charge in [0, 0.05) is 28.7 Å². The lowest BCUT2D eigenvalue weighted by Crippen LogP contribution is -2.46. The van der Waals surface area contributed by atoms with Crippen molar-refractivity contribution in [3.63, 3.8) is 0 Å². The molecule has 0 aliphatic carbocycles. The Hall–Kier alpha value is -2.85. The van der Waals surface area contributed by atoms with Crippen LogP contribution in [0.15, 0.2) is 47.4 Å². The highest BCUT2D eigenvalue weighted by atomic mass is 35.5. The van der Waals surface area contributed by atoms with E-state index in [-0.39, 0.29) is 28.7 Å². The van der Waals surface area contributed by atoms with Gasteiger partial charge in [-0.2, -0.15) is 0 Å². The van der Waals surface area contributed by atoms with Crippen LogP contribution in [0, 0.1) is 0 Å². The van der Waals surface area contributed by atoms with E-state index in [1.807, 2.05) is 0 Å². The van der Waals surface area contributed by atoms with Gasteiger partial charge in [0.05, 0.1) is 23.7 Å². The van der Waals surface area contributed by atoms with Crippen molar-refractivity contribution in [2.45, 2.75) is 0 Å². The van der Waals surface area contributed by atoms with E-state index in [4.69, 9.17) is 32.7 Å². The van der Waals surface area contributed by atoms with Crippen LogP contribution in [0.1, 0.15) is 15.9 Å². The fourth-order valence-corrected chi connectivity index (χ4v) is 4.43. The molecule has 2 saturated heterocycles. The lowest BCUT2D eigenvalue weighted by molar-refractivity contribution is -0.139. The summed E-state index contributed by atoms with van der Waals surface area (Å²) < 4.78 is 10.7. The molecule has 8 nitrogen and oxygen atoms in total. The van der Waals surface area contributed by atoms with E-state index < -0.39 is 17.1 Å². The van der Waals surface area contributed by atoms with Gasteiger partial charge in [-0.05, 0) is 60.3 Å². The maximum atomic E-state index is 12.9. The average molecular weight is 521 g/mol. The van der Waals surface area contributed by atoms with Gasteiger partial charge >= 0.3 is 5.97 Å². The number of imide groups is 1. The third-order valence-electron chi connectivity index (χ3n) is 5.07. The number of hydrogen-bond acceptors (Lipinski definition) is 7. The molecule has 0 spiro atoms. The number of halogens is 2. The van der Waals surface area contributed by atoms with E-state index in [0.717, 1.165) is 4.90 Å². The highest BCUT2D eigenvalue weighted by Crippen LogP contribution is 2.35. The van der Waals surface area contributed by atoms with Crippen molar-refractivity contribution in [1.29, 1.82) is 0 Å². The third-order valence-corrected chi connectivity index (χ3v) is 6.47. The SMILES string of the molecule is O=C(Oc1ccc(Cl)cc1/C=C1\SC(=O)N(CC(=O)N2CCOCC2)C1=O)c1ccc(Cl)cc1. The Morgan fingerprint density at radius 2 is 1.71 bits per heavy atom. The molecule has 2 aromatic carbocycles. The molecule has 2 aromatic rings. The van der Waals surface area contributed by atoms with Crippen LogP contribution in [0.4, 0.5) is 4.79 Å². The quantitative estimate of drug-likeness (QED) is 0.332. The average Bonchev–Trinajstić information content (AvgIpc) is 3.09. The molecular formula is C23H18Cl2N2O6S. The molecule has 0 aromatic heterocycles. The molecule has 11 heteroatoms. The number of nitrogens with zero attached hydrogens (tertiary/aromatic N) is 2. The zero-order chi connectivity index (χ0) is 24.2. The summed E-state index contributed by atoms with van der Waals surface area (Å²) in [6.07, 6.45) is 1.42. The van der Waals surface area contributed by atoms with Gasteiger partial charge < -0.3 is 14.4 Å². The van der Waals surface area contributed by atoms with Crippen LogP contribution in [0.2, 0.25) is 10.0 Å². The fourth-order valence-electron chi connectivity index (χ4n) is 3.30. The number of thioether (sulfide) groups is 1. The van der Waals surface area contributed by atoms with E-state index in [0.29, 0.717) is 53.7 Å². The molecule has 4 rings (SSSR count). The van der Waals surface area contributed by atoms with E-state index in [1.54, 1.807) is 17.0 Å². The van der Waals surface area contributed by atoms with Gasteiger partial charge in [-0.3, -0.25) is 19.3 Å². The van der Waals surface area contributed by atoms with E-state index in [9.17, 15) is 19.2 Å². The molecule has 0 atom stereocenters. The lowest BCUT2D eigenvalue weighted by Gasteiger charge is -2.28. The number of benzene rings is 2. The number of morpholine rings is 1. The van der Waals surface area contributed by atoms with Crippen LogP contribution < -0.4 is 4.74 Å². The van der Waals surface area contributed by atoms with Crippen LogP contribution in [-0.2, 0) is 14.3 Å². The lowest BCUT2D eigenvalue weighted by atomic mass is 10.1. The summed E-state index contributed by atoms with van der Waals surface area (Å²) >= 11 is 12.7. The zero-order valence-corrected chi connectivity index (χ0v) is 20.0. The second-order valence-corrected chi connectivity index (χ2v) is 9.21. The normalized spacial score (nSPS) is 17.4. The molecule has 0 unspecified atom stereocenters. The van der Waals surface area contributed by atoms with Gasteiger partial charge in [0.25, 0.3) is 11.1 Å². The third kappa shape index (κ3) is 5.61. The molecule has 2 fully saturated rings. The van der Waals surface area contributed by atoms with Crippen LogP contribution in [0.5, 0.6) is 5.75 Å². The second kappa shape index (κ2) is 10.6. The maximum Gasteiger partial charge on any atom is 0.343 e. The van der Waals surface area contributed by atoms with Gasteiger partial charge in [0.2, 0.25) is 5.91 Å². The Morgan fingerprint density at radius 3 is 2.41 bits per heavy atom. The first-order valence-corrected chi connectivity index (χ1v) is 11.8. The van der Waals surface area contributed by atoms with Crippen molar-refractivity contribution >= 4 is 64.1 Å². The van der Waals surface area contributed by atoms with Crippen LogP contribution in [-0.4, -0.2) is 65.7 Å². The fraction of sp³-hybridized carbons (Fsp3) is 0.217. The number of carbonyl (C=O) groups is 4. The molecule has 2 aliphatic heterocycles. The monoisotopic (exact) mass is 520 g/mol. The molecule has 2 aliphatic rings. The summed E-state index contributed by atoms with van der Waals surface area (Å²) in [4.78, 5) is 52.9. The zero-order valence-electron chi connectivity index (χ0n) is 17.7. The summed E-state index contributed by atoms with van der Waals surface area (Å²) in [5, 5.41) is 0.269. The Labute approximate surface area is 209 Å². The summed E-state index contributed by atoms with van der Waals surface area (Å²) in [6, 6.07) is 10.7. The summed E-state index contributed by atoms with van der Waals surface area (Å²) in [7, 11) is 0. The van der Waals surface area contributed by atoms with E-state index in [1.165, 1.54) is 36.4 Å². The molecule has 0 bridgehead atoms. The minimum Gasteiger partial charge on any atom is -0.422 e. The highest BCUT2D eigenvalue weighted by Gasteiger charge is 2.37. The molecule has 0 radical (unpaired) electrons. The van der Waals surface area contributed by atoms with E-state index >= 15 is 0 Å². The first kappa shape index (κ1) is 24.3. The molecule has 3 amide bonds. The minimum atomic E-state index is -0.627. The van der Waals surface area contributed by atoms with Crippen molar-refractivity contribution in [1.82, 2.24) is 9.80 Å². The van der Waals surface area contributed by atoms with Crippen LogP contribution >= 0.6 is 35.0 Å². The van der Waals surface area contributed by atoms with Gasteiger partial charge in [0.15, 0.2) is 0 Å².